The van der Waals surface area contributed by atoms with Crippen LogP contribution in [0, 0.1) is 6.92 Å². The summed E-state index contributed by atoms with van der Waals surface area (Å²) in [5.41, 5.74) is 2.39. The molecule has 6 heteroatoms. The van der Waals surface area contributed by atoms with E-state index in [1.807, 2.05) is 20.0 Å². The van der Waals surface area contributed by atoms with Crippen molar-refractivity contribution in [3.8, 4) is 0 Å². The first-order valence-electron chi connectivity index (χ1n) is 6.83. The van der Waals surface area contributed by atoms with Gasteiger partial charge in [0.15, 0.2) is 11.9 Å². The van der Waals surface area contributed by atoms with Crippen LogP contribution in [0.5, 0.6) is 0 Å². The molecule has 0 bridgehead atoms. The molecule has 0 unspecified atom stereocenters. The van der Waals surface area contributed by atoms with Gasteiger partial charge < -0.3 is 9.80 Å². The Morgan fingerprint density at radius 1 is 1.20 bits per heavy atom. The Hall–Kier alpha value is -1.95. The van der Waals surface area contributed by atoms with Gasteiger partial charge >= 0.3 is 0 Å². The van der Waals surface area contributed by atoms with Crippen molar-refractivity contribution in [2.75, 3.05) is 38.1 Å². The molecular weight excluding hydrogens is 254 g/mol. The molecule has 0 spiro atoms. The van der Waals surface area contributed by atoms with Crippen molar-refractivity contribution < 1.29 is 4.79 Å². The zero-order valence-electron chi connectivity index (χ0n) is 12.1. The molecule has 106 valence electrons. The quantitative estimate of drug-likeness (QED) is 0.759. The minimum Gasteiger partial charge on any atom is -0.353 e. The molecule has 0 aromatic carbocycles. The Bertz CT molecular complexity index is 655. The number of aldehydes is 1. The summed E-state index contributed by atoms with van der Waals surface area (Å²) >= 11 is 0. The predicted octanol–water partition coefficient (Wildman–Crippen LogP) is 0.841. The fourth-order valence-electron chi connectivity index (χ4n) is 2.71. The maximum atomic E-state index is 11.4. The molecule has 1 saturated heterocycles. The zero-order valence-corrected chi connectivity index (χ0v) is 12.1. The number of aromatic nitrogens is 3. The number of carbonyl (C=O) groups excluding carboxylic acids is 1. The highest BCUT2D eigenvalue weighted by Gasteiger charge is 2.20. The second-order valence-corrected chi connectivity index (χ2v) is 5.39. The molecule has 2 aromatic rings. The van der Waals surface area contributed by atoms with Crippen LogP contribution in [0.25, 0.3) is 11.0 Å². The van der Waals surface area contributed by atoms with E-state index in [4.69, 9.17) is 4.98 Å². The number of nitrogens with zero attached hydrogens (tertiary/aromatic N) is 5. The van der Waals surface area contributed by atoms with Gasteiger partial charge in [0.05, 0.1) is 11.3 Å². The van der Waals surface area contributed by atoms with E-state index in [0.717, 1.165) is 55.0 Å². The number of hydrogen-bond acceptors (Lipinski definition) is 5. The normalized spacial score (nSPS) is 16.9. The van der Waals surface area contributed by atoms with Crippen molar-refractivity contribution in [2.24, 2.45) is 7.05 Å². The average Bonchev–Trinajstić information content (AvgIpc) is 2.73. The zero-order chi connectivity index (χ0) is 14.3. The highest BCUT2D eigenvalue weighted by Crippen LogP contribution is 2.24. The highest BCUT2D eigenvalue weighted by atomic mass is 16.1. The topological polar surface area (TPSA) is 54.3 Å². The molecule has 1 fully saturated rings. The van der Waals surface area contributed by atoms with Crippen molar-refractivity contribution in [2.45, 2.75) is 6.92 Å². The number of piperazine rings is 1. The first-order chi connectivity index (χ1) is 9.60. The van der Waals surface area contributed by atoms with Crippen molar-refractivity contribution in [3.63, 3.8) is 0 Å². The van der Waals surface area contributed by atoms with E-state index in [9.17, 15) is 4.79 Å². The van der Waals surface area contributed by atoms with Crippen LogP contribution < -0.4 is 4.90 Å². The Labute approximate surface area is 118 Å². The highest BCUT2D eigenvalue weighted by molar-refractivity contribution is 5.91. The molecular formula is C14H19N5O. The summed E-state index contributed by atoms with van der Waals surface area (Å²) < 4.78 is 1.78. The van der Waals surface area contributed by atoms with Gasteiger partial charge in [0.2, 0.25) is 0 Å². The standard InChI is InChI=1S/C14H19N5O/c1-10-12-8-11(9-20)13(15-14(12)18(3)16-10)19-6-4-17(2)5-7-19/h8-9H,4-7H2,1-3H3. The molecule has 0 amide bonds. The predicted molar refractivity (Wildman–Crippen MR) is 78.3 cm³/mol. The Morgan fingerprint density at radius 3 is 2.55 bits per heavy atom. The van der Waals surface area contributed by atoms with Crippen LogP contribution in [0.4, 0.5) is 5.82 Å². The smallest absolute Gasteiger partial charge is 0.160 e. The molecule has 1 aliphatic heterocycles. The third-order valence-corrected chi connectivity index (χ3v) is 3.94. The lowest BCUT2D eigenvalue weighted by atomic mass is 10.2. The van der Waals surface area contributed by atoms with E-state index >= 15 is 0 Å². The Kier molecular flexibility index (Phi) is 3.17. The Morgan fingerprint density at radius 2 is 1.90 bits per heavy atom. The van der Waals surface area contributed by atoms with Crippen LogP contribution in [-0.2, 0) is 7.05 Å². The van der Waals surface area contributed by atoms with Gasteiger partial charge in [-0.25, -0.2) is 4.98 Å². The van der Waals surface area contributed by atoms with Crippen LogP contribution in [0.15, 0.2) is 6.07 Å². The molecule has 3 rings (SSSR count). The number of aryl methyl sites for hydroxylation is 2. The molecule has 0 aliphatic carbocycles. The lowest BCUT2D eigenvalue weighted by molar-refractivity contribution is 0.112. The molecule has 2 aromatic heterocycles. The summed E-state index contributed by atoms with van der Waals surface area (Å²) in [6.45, 7) is 5.71. The van der Waals surface area contributed by atoms with E-state index in [-0.39, 0.29) is 0 Å². The van der Waals surface area contributed by atoms with Gasteiger partial charge in [-0.2, -0.15) is 5.10 Å². The summed E-state index contributed by atoms with van der Waals surface area (Å²) in [6.07, 6.45) is 0.895. The van der Waals surface area contributed by atoms with E-state index in [1.165, 1.54) is 0 Å². The second-order valence-electron chi connectivity index (χ2n) is 5.39. The fourth-order valence-corrected chi connectivity index (χ4v) is 2.71. The van der Waals surface area contributed by atoms with Crippen LogP contribution >= 0.6 is 0 Å². The second kappa shape index (κ2) is 4.86. The summed E-state index contributed by atoms with van der Waals surface area (Å²) in [6, 6.07) is 1.91. The van der Waals surface area contributed by atoms with Gasteiger partial charge in [-0.3, -0.25) is 9.48 Å². The molecule has 0 radical (unpaired) electrons. The number of likely N-dealkylation sites (N-methyl/N-ethyl adjacent to an activating group) is 1. The van der Waals surface area contributed by atoms with E-state index in [2.05, 4.69) is 21.9 Å². The van der Waals surface area contributed by atoms with E-state index in [1.54, 1.807) is 4.68 Å². The first-order valence-corrected chi connectivity index (χ1v) is 6.83. The van der Waals surface area contributed by atoms with Crippen LogP contribution in [-0.4, -0.2) is 59.2 Å². The molecule has 1 aliphatic rings. The van der Waals surface area contributed by atoms with E-state index < -0.39 is 0 Å². The van der Waals surface area contributed by atoms with Gasteiger partial charge in [-0.1, -0.05) is 0 Å². The van der Waals surface area contributed by atoms with Gasteiger partial charge in [0, 0.05) is 38.6 Å². The minimum atomic E-state index is 0.651. The lowest BCUT2D eigenvalue weighted by Gasteiger charge is -2.33. The number of fused-ring (bicyclic) bond motifs is 1. The maximum Gasteiger partial charge on any atom is 0.160 e. The number of anilines is 1. The van der Waals surface area contributed by atoms with Crippen molar-refractivity contribution in [3.05, 3.63) is 17.3 Å². The average molecular weight is 273 g/mol. The molecule has 6 nitrogen and oxygen atoms in total. The lowest BCUT2D eigenvalue weighted by Crippen LogP contribution is -2.45. The van der Waals surface area contributed by atoms with Crippen molar-refractivity contribution in [1.29, 1.82) is 0 Å². The number of carbonyl (C=O) groups is 1. The largest absolute Gasteiger partial charge is 0.353 e. The summed E-state index contributed by atoms with van der Waals surface area (Å²) in [5.74, 6) is 0.781. The van der Waals surface area contributed by atoms with Gasteiger partial charge in [-0.15, -0.1) is 0 Å². The molecule has 0 N–H and O–H groups in total. The SMILES string of the molecule is Cc1nn(C)c2nc(N3CCN(C)CC3)c(C=O)cc12. The Balaban J connectivity index is 2.09. The molecule has 0 saturated carbocycles. The van der Waals surface area contributed by atoms with Crippen LogP contribution in [0.2, 0.25) is 0 Å². The summed E-state index contributed by atoms with van der Waals surface area (Å²) in [7, 11) is 4.00. The molecule has 3 heterocycles. The third kappa shape index (κ3) is 2.06. The van der Waals surface area contributed by atoms with Gasteiger partial charge in [0.1, 0.15) is 5.82 Å². The van der Waals surface area contributed by atoms with E-state index in [0.29, 0.717) is 5.56 Å². The molecule has 20 heavy (non-hydrogen) atoms. The van der Waals surface area contributed by atoms with Crippen LogP contribution in [0.3, 0.4) is 0 Å². The molecule has 0 atom stereocenters. The van der Waals surface area contributed by atoms with Gasteiger partial charge in [0.25, 0.3) is 0 Å². The fraction of sp³-hybridized carbons (Fsp3) is 0.500. The third-order valence-electron chi connectivity index (χ3n) is 3.94. The summed E-state index contributed by atoms with van der Waals surface area (Å²) in [4.78, 5) is 20.6. The number of rotatable bonds is 2. The first kappa shape index (κ1) is 13.1. The van der Waals surface area contributed by atoms with Crippen molar-refractivity contribution >= 4 is 23.1 Å². The van der Waals surface area contributed by atoms with Crippen molar-refractivity contribution in [1.82, 2.24) is 19.7 Å². The number of pyridine rings is 1. The number of hydrogen-bond donors (Lipinski definition) is 0. The van der Waals surface area contributed by atoms with Gasteiger partial charge in [-0.05, 0) is 20.0 Å². The minimum absolute atomic E-state index is 0.651. The monoisotopic (exact) mass is 273 g/mol. The maximum absolute atomic E-state index is 11.4. The summed E-state index contributed by atoms with van der Waals surface area (Å²) in [5, 5.41) is 5.33. The van der Waals surface area contributed by atoms with Crippen LogP contribution in [0.1, 0.15) is 16.1 Å².